The monoisotopic (exact) mass is 397 g/mol. The average Bonchev–Trinajstić information content (AvgIpc) is 2.68. The number of rotatable bonds is 4. The highest BCUT2D eigenvalue weighted by molar-refractivity contribution is 7.98. The molecule has 2 aromatic rings. The van der Waals surface area contributed by atoms with E-state index in [-0.39, 0.29) is 11.8 Å². The standard InChI is InChI=1S/C21H24FN5S/c22-16-10-8-15(9-11-16)14-28-18-7-3-2-6-17(18)27-20(24)25-19(23)26-21(27)12-4-1-5-13-21/h2-3,6-11H,1,4-5,12-14H2,(H4,23,24,25,26). The summed E-state index contributed by atoms with van der Waals surface area (Å²) in [5.41, 5.74) is 13.9. The van der Waals surface area contributed by atoms with Gasteiger partial charge in [-0.05, 0) is 55.5 Å². The van der Waals surface area contributed by atoms with Crippen LogP contribution in [0.4, 0.5) is 10.1 Å². The molecule has 1 fully saturated rings. The minimum atomic E-state index is -0.458. The van der Waals surface area contributed by atoms with Crippen molar-refractivity contribution in [3.05, 3.63) is 59.9 Å². The molecule has 0 saturated heterocycles. The zero-order valence-corrected chi connectivity index (χ0v) is 16.5. The van der Waals surface area contributed by atoms with Gasteiger partial charge in [0.15, 0.2) is 0 Å². The van der Waals surface area contributed by atoms with E-state index >= 15 is 0 Å². The highest BCUT2D eigenvalue weighted by atomic mass is 32.2. The highest BCUT2D eigenvalue weighted by Crippen LogP contribution is 2.43. The Balaban J connectivity index is 1.66. The maximum atomic E-state index is 13.2. The quantitative estimate of drug-likeness (QED) is 0.757. The van der Waals surface area contributed by atoms with Gasteiger partial charge in [-0.25, -0.2) is 9.38 Å². The number of halogens is 1. The van der Waals surface area contributed by atoms with Gasteiger partial charge in [0.25, 0.3) is 0 Å². The van der Waals surface area contributed by atoms with Crippen LogP contribution >= 0.6 is 11.8 Å². The molecule has 1 heterocycles. The van der Waals surface area contributed by atoms with Crippen LogP contribution in [0.5, 0.6) is 0 Å². The van der Waals surface area contributed by atoms with Crippen LogP contribution in [0.1, 0.15) is 37.7 Å². The van der Waals surface area contributed by atoms with Crippen LogP contribution in [-0.4, -0.2) is 17.6 Å². The summed E-state index contributed by atoms with van der Waals surface area (Å²) < 4.78 is 13.2. The fourth-order valence-corrected chi connectivity index (χ4v) is 4.97. The van der Waals surface area contributed by atoms with Gasteiger partial charge >= 0.3 is 0 Å². The molecule has 1 aliphatic heterocycles. The van der Waals surface area contributed by atoms with Crippen molar-refractivity contribution < 1.29 is 4.39 Å². The molecule has 1 aliphatic carbocycles. The third-order valence-corrected chi connectivity index (χ3v) is 6.40. The Bertz CT molecular complexity index is 903. The first-order valence-corrected chi connectivity index (χ1v) is 10.5. The van der Waals surface area contributed by atoms with Gasteiger partial charge in [-0.15, -0.1) is 11.8 Å². The van der Waals surface area contributed by atoms with Gasteiger partial charge in [-0.3, -0.25) is 4.90 Å². The lowest BCUT2D eigenvalue weighted by atomic mass is 9.87. The van der Waals surface area contributed by atoms with Gasteiger partial charge in [0.1, 0.15) is 11.5 Å². The molecule has 0 unspecified atom stereocenters. The summed E-state index contributed by atoms with van der Waals surface area (Å²) in [7, 11) is 0. The maximum absolute atomic E-state index is 13.2. The first kappa shape index (κ1) is 18.8. The second-order valence-corrected chi connectivity index (χ2v) is 8.22. The Morgan fingerprint density at radius 2 is 1.71 bits per heavy atom. The van der Waals surface area contributed by atoms with Crippen molar-refractivity contribution in [2.75, 3.05) is 4.90 Å². The molecule has 146 valence electrons. The Morgan fingerprint density at radius 3 is 2.46 bits per heavy atom. The number of hydrogen-bond acceptors (Lipinski definition) is 6. The summed E-state index contributed by atoms with van der Waals surface area (Å²) in [4.78, 5) is 12.2. The zero-order valence-electron chi connectivity index (χ0n) is 15.6. The van der Waals surface area contributed by atoms with Crippen molar-refractivity contribution in [3.63, 3.8) is 0 Å². The van der Waals surface area contributed by atoms with Crippen LogP contribution in [0.25, 0.3) is 0 Å². The molecule has 7 heteroatoms. The number of guanidine groups is 2. The molecular formula is C21H24FN5S. The molecule has 1 spiro atoms. The topological polar surface area (TPSA) is 80.0 Å². The number of hydrogen-bond donors (Lipinski definition) is 2. The van der Waals surface area contributed by atoms with Gasteiger partial charge in [0.2, 0.25) is 11.9 Å². The van der Waals surface area contributed by atoms with E-state index in [1.807, 2.05) is 24.3 Å². The molecule has 0 atom stereocenters. The molecule has 2 aliphatic rings. The van der Waals surface area contributed by atoms with Crippen molar-refractivity contribution in [3.8, 4) is 0 Å². The number of nitrogens with zero attached hydrogens (tertiary/aromatic N) is 3. The van der Waals surface area contributed by atoms with Crippen LogP contribution in [0.3, 0.4) is 0 Å². The summed E-state index contributed by atoms with van der Waals surface area (Å²) in [5, 5.41) is 0. The number of thioether (sulfide) groups is 1. The number of nitrogens with two attached hydrogens (primary N) is 2. The predicted molar refractivity (Wildman–Crippen MR) is 114 cm³/mol. The molecule has 4 N–H and O–H groups in total. The summed E-state index contributed by atoms with van der Waals surface area (Å²) >= 11 is 1.70. The fraction of sp³-hybridized carbons (Fsp3) is 0.333. The van der Waals surface area contributed by atoms with E-state index in [1.54, 1.807) is 11.8 Å². The van der Waals surface area contributed by atoms with Gasteiger partial charge < -0.3 is 11.5 Å². The zero-order chi connectivity index (χ0) is 19.6. The van der Waals surface area contributed by atoms with Crippen molar-refractivity contribution in [2.24, 2.45) is 21.5 Å². The van der Waals surface area contributed by atoms with Crippen LogP contribution in [-0.2, 0) is 5.75 Å². The van der Waals surface area contributed by atoms with Crippen molar-refractivity contribution in [1.82, 2.24) is 0 Å². The molecule has 0 radical (unpaired) electrons. The Labute approximate surface area is 168 Å². The maximum Gasteiger partial charge on any atom is 0.220 e. The molecule has 4 rings (SSSR count). The van der Waals surface area contributed by atoms with E-state index < -0.39 is 5.66 Å². The number of benzene rings is 2. The van der Waals surface area contributed by atoms with E-state index in [0.29, 0.717) is 5.96 Å². The summed E-state index contributed by atoms with van der Waals surface area (Å²) in [6.07, 6.45) is 5.18. The lowest BCUT2D eigenvalue weighted by Gasteiger charge is -2.46. The molecule has 0 amide bonds. The Kier molecular flexibility index (Phi) is 5.26. The first-order valence-electron chi connectivity index (χ1n) is 9.53. The van der Waals surface area contributed by atoms with Gasteiger partial charge in [-0.2, -0.15) is 4.99 Å². The number of aliphatic imine (C=N–C) groups is 2. The molecule has 28 heavy (non-hydrogen) atoms. The molecule has 5 nitrogen and oxygen atoms in total. The Hall–Kier alpha value is -2.54. The smallest absolute Gasteiger partial charge is 0.220 e. The van der Waals surface area contributed by atoms with Crippen molar-refractivity contribution in [2.45, 2.75) is 48.4 Å². The predicted octanol–water partition coefficient (Wildman–Crippen LogP) is 4.23. The first-order chi connectivity index (χ1) is 13.6. The normalized spacial score (nSPS) is 18.7. The van der Waals surface area contributed by atoms with Gasteiger partial charge in [0, 0.05) is 10.6 Å². The third-order valence-electron chi connectivity index (χ3n) is 5.27. The van der Waals surface area contributed by atoms with E-state index in [1.165, 1.54) is 18.6 Å². The van der Waals surface area contributed by atoms with Crippen LogP contribution < -0.4 is 16.4 Å². The van der Waals surface area contributed by atoms with Gasteiger partial charge in [-0.1, -0.05) is 30.7 Å². The lowest BCUT2D eigenvalue weighted by molar-refractivity contribution is 0.305. The number of anilines is 1. The molecule has 0 aromatic heterocycles. The van der Waals surface area contributed by atoms with Crippen LogP contribution in [0, 0.1) is 5.82 Å². The minimum Gasteiger partial charge on any atom is -0.369 e. The lowest BCUT2D eigenvalue weighted by Crippen LogP contribution is -2.58. The third kappa shape index (κ3) is 3.71. The summed E-state index contributed by atoms with van der Waals surface area (Å²) in [6, 6.07) is 14.8. The SMILES string of the molecule is NC1=NC2(CCCCC2)N(c2ccccc2SCc2ccc(F)cc2)C(N)=N1. The van der Waals surface area contributed by atoms with E-state index in [0.717, 1.165) is 47.6 Å². The minimum absolute atomic E-state index is 0.221. The van der Waals surface area contributed by atoms with Crippen LogP contribution in [0.15, 0.2) is 63.4 Å². The summed E-state index contributed by atoms with van der Waals surface area (Å²) in [6.45, 7) is 0. The molecule has 2 aromatic carbocycles. The van der Waals surface area contributed by atoms with E-state index in [4.69, 9.17) is 16.5 Å². The fourth-order valence-electron chi connectivity index (χ4n) is 3.98. The van der Waals surface area contributed by atoms with Crippen molar-refractivity contribution >= 4 is 29.4 Å². The van der Waals surface area contributed by atoms with E-state index in [9.17, 15) is 4.39 Å². The molecule has 0 bridgehead atoms. The summed E-state index contributed by atoms with van der Waals surface area (Å²) in [5.74, 6) is 1.16. The Morgan fingerprint density at radius 1 is 1.00 bits per heavy atom. The van der Waals surface area contributed by atoms with Gasteiger partial charge in [0.05, 0.1) is 5.69 Å². The second-order valence-electron chi connectivity index (χ2n) is 7.20. The largest absolute Gasteiger partial charge is 0.369 e. The highest BCUT2D eigenvalue weighted by Gasteiger charge is 2.43. The average molecular weight is 398 g/mol. The molecular weight excluding hydrogens is 373 g/mol. The van der Waals surface area contributed by atoms with Crippen molar-refractivity contribution in [1.29, 1.82) is 0 Å². The molecule has 1 saturated carbocycles. The second kappa shape index (κ2) is 7.83. The van der Waals surface area contributed by atoms with Crippen LogP contribution in [0.2, 0.25) is 0 Å². The number of para-hydroxylation sites is 1. The van der Waals surface area contributed by atoms with E-state index in [2.05, 4.69) is 22.0 Å².